The monoisotopic (exact) mass is 296 g/mol. The van der Waals surface area contributed by atoms with Gasteiger partial charge in [-0.3, -0.25) is 10.1 Å². The number of nitrogens with one attached hydrogen (secondary N) is 1. The molecule has 108 valence electrons. The Morgan fingerprint density at radius 3 is 2.90 bits per heavy atom. The minimum atomic E-state index is -0.364. The zero-order chi connectivity index (χ0) is 14.1. The van der Waals surface area contributed by atoms with E-state index in [1.165, 1.54) is 18.9 Å². The fraction of sp³-hybridized carbons (Fsp3) is 0.571. The van der Waals surface area contributed by atoms with E-state index in [0.29, 0.717) is 29.1 Å². The van der Waals surface area contributed by atoms with Crippen molar-refractivity contribution in [1.82, 2.24) is 5.32 Å². The van der Waals surface area contributed by atoms with Crippen LogP contribution >= 0.6 is 11.6 Å². The van der Waals surface area contributed by atoms with Gasteiger partial charge < -0.3 is 10.1 Å². The predicted octanol–water partition coefficient (Wildman–Crippen LogP) is 2.91. The molecule has 2 fully saturated rings. The Hall–Kier alpha value is -1.17. The second kappa shape index (κ2) is 5.68. The Bertz CT molecular complexity index is 519. The van der Waals surface area contributed by atoms with E-state index >= 15 is 0 Å². The van der Waals surface area contributed by atoms with E-state index in [-0.39, 0.29) is 16.7 Å². The van der Waals surface area contributed by atoms with Crippen LogP contribution in [0.15, 0.2) is 18.2 Å². The van der Waals surface area contributed by atoms with Crippen molar-refractivity contribution in [1.29, 1.82) is 0 Å². The maximum absolute atomic E-state index is 11.0. The quantitative estimate of drug-likeness (QED) is 0.670. The van der Waals surface area contributed by atoms with Gasteiger partial charge in [0.1, 0.15) is 0 Å². The van der Waals surface area contributed by atoms with Crippen LogP contribution in [0.4, 0.5) is 5.69 Å². The van der Waals surface area contributed by atoms with Crippen molar-refractivity contribution in [3.63, 3.8) is 0 Å². The van der Waals surface area contributed by atoms with E-state index < -0.39 is 0 Å². The van der Waals surface area contributed by atoms with E-state index in [1.807, 2.05) is 0 Å². The van der Waals surface area contributed by atoms with Crippen molar-refractivity contribution >= 4 is 17.3 Å². The van der Waals surface area contributed by atoms with E-state index in [4.69, 9.17) is 16.3 Å². The molecule has 2 atom stereocenters. The minimum absolute atomic E-state index is 0.115. The molecule has 0 spiro atoms. The third kappa shape index (κ3) is 2.95. The van der Waals surface area contributed by atoms with E-state index in [0.717, 1.165) is 13.0 Å². The normalized spacial score (nSPS) is 25.9. The average Bonchev–Trinajstić information content (AvgIpc) is 3.15. The van der Waals surface area contributed by atoms with Crippen LogP contribution in [0.5, 0.6) is 0 Å². The molecule has 6 heteroatoms. The van der Waals surface area contributed by atoms with Gasteiger partial charge in [-0.15, -0.1) is 0 Å². The number of nitro benzene ring substituents is 1. The number of rotatable bonds is 5. The van der Waals surface area contributed by atoms with Crippen LogP contribution in [0.2, 0.25) is 5.02 Å². The second-order valence-electron chi connectivity index (χ2n) is 5.48. The van der Waals surface area contributed by atoms with E-state index in [2.05, 4.69) is 5.32 Å². The highest BCUT2D eigenvalue weighted by Gasteiger charge is 2.40. The molecule has 5 nitrogen and oxygen atoms in total. The van der Waals surface area contributed by atoms with Gasteiger partial charge in [-0.05, 0) is 37.3 Å². The summed E-state index contributed by atoms with van der Waals surface area (Å²) in [5.74, 6) is 0.671. The van der Waals surface area contributed by atoms with Gasteiger partial charge in [0, 0.05) is 35.8 Å². The molecule has 3 rings (SSSR count). The smallest absolute Gasteiger partial charge is 0.273 e. The summed E-state index contributed by atoms with van der Waals surface area (Å²) in [6, 6.07) is 4.97. The summed E-state index contributed by atoms with van der Waals surface area (Å²) in [5.41, 5.74) is 0.743. The molecule has 0 aromatic heterocycles. The first kappa shape index (κ1) is 13.8. The zero-order valence-corrected chi connectivity index (χ0v) is 11.8. The third-order valence-electron chi connectivity index (χ3n) is 4.02. The molecule has 1 aliphatic carbocycles. The maximum Gasteiger partial charge on any atom is 0.273 e. The largest absolute Gasteiger partial charge is 0.376 e. The van der Waals surface area contributed by atoms with Crippen LogP contribution in [0.3, 0.4) is 0 Å². The van der Waals surface area contributed by atoms with Crippen LogP contribution in [-0.2, 0) is 11.3 Å². The van der Waals surface area contributed by atoms with E-state index in [1.54, 1.807) is 12.1 Å². The lowest BCUT2D eigenvalue weighted by Crippen LogP contribution is -2.37. The SMILES string of the molecule is O=[N+]([O-])c1ccc(Cl)cc1CNC1CCOC1C1CC1. The molecule has 1 N–H and O–H groups in total. The van der Waals surface area contributed by atoms with Gasteiger partial charge in [0.15, 0.2) is 0 Å². The third-order valence-corrected chi connectivity index (χ3v) is 4.25. The summed E-state index contributed by atoms with van der Waals surface area (Å²) in [6.07, 6.45) is 3.71. The molecule has 2 aliphatic rings. The Kier molecular flexibility index (Phi) is 3.92. The van der Waals surface area contributed by atoms with Crippen molar-refractivity contribution in [3.05, 3.63) is 38.9 Å². The fourth-order valence-electron chi connectivity index (χ4n) is 2.83. The lowest BCUT2D eigenvalue weighted by molar-refractivity contribution is -0.385. The van der Waals surface area contributed by atoms with Crippen LogP contribution in [-0.4, -0.2) is 23.7 Å². The Balaban J connectivity index is 1.68. The predicted molar refractivity (Wildman–Crippen MR) is 75.8 cm³/mol. The highest BCUT2D eigenvalue weighted by molar-refractivity contribution is 6.30. The molecule has 2 unspecified atom stereocenters. The first-order valence-electron chi connectivity index (χ1n) is 6.93. The molecule has 20 heavy (non-hydrogen) atoms. The summed E-state index contributed by atoms with van der Waals surface area (Å²) in [6.45, 7) is 1.23. The number of benzene rings is 1. The summed E-state index contributed by atoms with van der Waals surface area (Å²) in [7, 11) is 0. The average molecular weight is 297 g/mol. The maximum atomic E-state index is 11.0. The van der Waals surface area contributed by atoms with Crippen LogP contribution in [0.25, 0.3) is 0 Å². The highest BCUT2D eigenvalue weighted by atomic mass is 35.5. The molecule has 0 bridgehead atoms. The summed E-state index contributed by atoms with van der Waals surface area (Å²) in [5, 5.41) is 14.9. The lowest BCUT2D eigenvalue weighted by atomic mass is 10.1. The number of nitrogens with zero attached hydrogens (tertiary/aromatic N) is 1. The van der Waals surface area contributed by atoms with Gasteiger partial charge in [0.2, 0.25) is 0 Å². The van der Waals surface area contributed by atoms with Gasteiger partial charge in [-0.2, -0.15) is 0 Å². The molecule has 1 aromatic carbocycles. The summed E-state index contributed by atoms with van der Waals surface area (Å²) < 4.78 is 5.76. The molecular formula is C14H17ClN2O3. The zero-order valence-electron chi connectivity index (χ0n) is 11.0. The topological polar surface area (TPSA) is 64.4 Å². The highest BCUT2D eigenvalue weighted by Crippen LogP contribution is 2.38. The van der Waals surface area contributed by atoms with Crippen molar-refractivity contribution < 1.29 is 9.66 Å². The molecular weight excluding hydrogens is 280 g/mol. The van der Waals surface area contributed by atoms with Gasteiger partial charge in [0.05, 0.1) is 11.0 Å². The summed E-state index contributed by atoms with van der Waals surface area (Å²) in [4.78, 5) is 10.7. The van der Waals surface area contributed by atoms with Crippen LogP contribution in [0, 0.1) is 16.0 Å². The minimum Gasteiger partial charge on any atom is -0.376 e. The number of nitro groups is 1. The molecule has 1 saturated carbocycles. The number of hydrogen-bond acceptors (Lipinski definition) is 4. The summed E-state index contributed by atoms with van der Waals surface area (Å²) >= 11 is 5.93. The van der Waals surface area contributed by atoms with Crippen LogP contribution < -0.4 is 5.32 Å². The lowest BCUT2D eigenvalue weighted by Gasteiger charge is -2.19. The number of halogens is 1. The second-order valence-corrected chi connectivity index (χ2v) is 5.92. The van der Waals surface area contributed by atoms with Gasteiger partial charge in [-0.1, -0.05) is 11.6 Å². The Morgan fingerprint density at radius 1 is 1.40 bits per heavy atom. The number of ether oxygens (including phenoxy) is 1. The fourth-order valence-corrected chi connectivity index (χ4v) is 3.03. The van der Waals surface area contributed by atoms with Gasteiger partial charge in [0.25, 0.3) is 5.69 Å². The standard InChI is InChI=1S/C14H17ClN2O3/c15-11-3-4-13(17(18)19)10(7-11)8-16-12-5-6-20-14(12)9-1-2-9/h3-4,7,9,12,14,16H,1-2,5-6,8H2. The van der Waals surface area contributed by atoms with Crippen molar-refractivity contribution in [2.24, 2.45) is 5.92 Å². The van der Waals surface area contributed by atoms with Gasteiger partial charge in [-0.25, -0.2) is 0 Å². The first-order valence-corrected chi connectivity index (χ1v) is 7.31. The van der Waals surface area contributed by atoms with Crippen molar-refractivity contribution in [3.8, 4) is 0 Å². The van der Waals surface area contributed by atoms with Crippen LogP contribution in [0.1, 0.15) is 24.8 Å². The molecule has 1 saturated heterocycles. The Morgan fingerprint density at radius 2 is 2.20 bits per heavy atom. The van der Waals surface area contributed by atoms with E-state index in [9.17, 15) is 10.1 Å². The molecule has 1 aliphatic heterocycles. The molecule has 0 radical (unpaired) electrons. The molecule has 1 aromatic rings. The van der Waals surface area contributed by atoms with Gasteiger partial charge >= 0.3 is 0 Å². The number of hydrogen-bond donors (Lipinski definition) is 1. The molecule has 0 amide bonds. The van der Waals surface area contributed by atoms with Crippen molar-refractivity contribution in [2.45, 2.75) is 38.0 Å². The Labute approximate surface area is 122 Å². The molecule has 1 heterocycles. The van der Waals surface area contributed by atoms with Crippen molar-refractivity contribution in [2.75, 3.05) is 6.61 Å². The first-order chi connectivity index (χ1) is 9.65.